The zero-order chi connectivity index (χ0) is 16.4. The smallest absolute Gasteiger partial charge is 0.137 e. The normalized spacial score (nSPS) is 11.3. The molecule has 0 fully saturated rings. The molecule has 0 saturated heterocycles. The Morgan fingerprint density at radius 2 is 1.59 bits per heavy atom. The van der Waals surface area contributed by atoms with Crippen LogP contribution in [0.2, 0.25) is 0 Å². The van der Waals surface area contributed by atoms with Crippen molar-refractivity contribution in [3.05, 3.63) is 71.5 Å². The van der Waals surface area contributed by atoms with E-state index in [9.17, 15) is 9.18 Å². The summed E-state index contributed by atoms with van der Waals surface area (Å²) in [4.78, 5) is 12.0. The van der Waals surface area contributed by atoms with Crippen molar-refractivity contribution in [1.29, 1.82) is 0 Å². The van der Waals surface area contributed by atoms with Gasteiger partial charge in [0.15, 0.2) is 0 Å². The van der Waals surface area contributed by atoms with Crippen LogP contribution in [0.1, 0.15) is 30.4 Å². The van der Waals surface area contributed by atoms with Gasteiger partial charge in [-0.3, -0.25) is 4.79 Å². The van der Waals surface area contributed by atoms with Crippen LogP contribution in [0.4, 0.5) is 4.39 Å². The summed E-state index contributed by atoms with van der Waals surface area (Å²) in [7, 11) is 3.75. The van der Waals surface area contributed by atoms with Gasteiger partial charge in [-0.15, -0.1) is 0 Å². The molecule has 1 N–H and O–H groups in total. The van der Waals surface area contributed by atoms with Gasteiger partial charge in [0.05, 0.1) is 0 Å². The third-order valence-electron chi connectivity index (χ3n) is 3.25. The van der Waals surface area contributed by atoms with E-state index < -0.39 is 0 Å². The van der Waals surface area contributed by atoms with Crippen LogP contribution in [0.5, 0.6) is 0 Å². The Kier molecular flexibility index (Phi) is 8.08. The molecular weight excluding hydrogens is 277 g/mol. The van der Waals surface area contributed by atoms with Crippen LogP contribution in [-0.2, 0) is 11.2 Å². The van der Waals surface area contributed by atoms with E-state index >= 15 is 0 Å². The van der Waals surface area contributed by atoms with Gasteiger partial charge in [-0.05, 0) is 37.2 Å². The van der Waals surface area contributed by atoms with Crippen molar-refractivity contribution in [2.75, 3.05) is 14.1 Å². The highest BCUT2D eigenvalue weighted by Gasteiger charge is 2.13. The van der Waals surface area contributed by atoms with E-state index in [1.54, 1.807) is 18.2 Å². The second kappa shape index (κ2) is 9.85. The Balaban J connectivity index is 0.000000745. The van der Waals surface area contributed by atoms with Crippen molar-refractivity contribution in [2.45, 2.75) is 25.7 Å². The summed E-state index contributed by atoms with van der Waals surface area (Å²) in [6.07, 6.45) is 0.613. The molecule has 0 heterocycles. The molecule has 118 valence electrons. The average molecular weight is 301 g/mol. The number of hydrogen-bond acceptors (Lipinski definition) is 2. The van der Waals surface area contributed by atoms with Crippen molar-refractivity contribution in [1.82, 2.24) is 5.32 Å². The van der Waals surface area contributed by atoms with E-state index in [-0.39, 0.29) is 23.9 Å². The maximum Gasteiger partial charge on any atom is 0.137 e. The number of halogens is 1. The third kappa shape index (κ3) is 6.19. The van der Waals surface area contributed by atoms with Crippen molar-refractivity contribution >= 4 is 5.78 Å². The first kappa shape index (κ1) is 18.1. The number of benzene rings is 2. The Morgan fingerprint density at radius 1 is 1.05 bits per heavy atom. The number of Topliss-reactive ketones (excluding diaryl/α,β-unsaturated/α-hetero) is 1. The van der Waals surface area contributed by atoms with Gasteiger partial charge in [0.2, 0.25) is 0 Å². The van der Waals surface area contributed by atoms with E-state index in [1.807, 2.05) is 51.4 Å². The van der Waals surface area contributed by atoms with Gasteiger partial charge in [-0.1, -0.05) is 55.5 Å². The van der Waals surface area contributed by atoms with Crippen LogP contribution in [0.15, 0.2) is 54.6 Å². The first-order chi connectivity index (χ1) is 10.6. The van der Waals surface area contributed by atoms with E-state index in [0.717, 1.165) is 5.56 Å². The summed E-state index contributed by atoms with van der Waals surface area (Å²) < 4.78 is 13.5. The standard InChI is InChI=1S/C17H17FO.C2H7N/c1-13(14-7-3-2-4-8-14)11-16(19)12-15-9-5-6-10-17(15)18;1-3-2/h2-10,13H,11-12H2,1H3;3H,1-2H3. The maximum absolute atomic E-state index is 13.5. The second-order valence-electron chi connectivity index (χ2n) is 5.32. The largest absolute Gasteiger partial charge is 0.323 e. The molecule has 22 heavy (non-hydrogen) atoms. The number of hydrogen-bond donors (Lipinski definition) is 1. The van der Waals surface area contributed by atoms with Gasteiger partial charge in [0.1, 0.15) is 11.6 Å². The molecule has 0 aliphatic rings. The average Bonchev–Trinajstić information content (AvgIpc) is 2.51. The fraction of sp³-hybridized carbons (Fsp3) is 0.316. The number of carbonyl (C=O) groups excluding carboxylic acids is 1. The Bertz CT molecular complexity index is 569. The molecule has 1 atom stereocenters. The molecule has 1 unspecified atom stereocenters. The van der Waals surface area contributed by atoms with E-state index in [2.05, 4.69) is 5.32 Å². The molecule has 2 nitrogen and oxygen atoms in total. The summed E-state index contributed by atoms with van der Waals surface area (Å²) in [5, 5.41) is 2.75. The highest BCUT2D eigenvalue weighted by atomic mass is 19.1. The molecule has 0 aliphatic carbocycles. The summed E-state index contributed by atoms with van der Waals surface area (Å²) in [6.45, 7) is 2.02. The first-order valence-electron chi connectivity index (χ1n) is 7.47. The highest BCUT2D eigenvalue weighted by molar-refractivity contribution is 5.81. The highest BCUT2D eigenvalue weighted by Crippen LogP contribution is 2.20. The molecule has 0 aliphatic heterocycles. The van der Waals surface area contributed by atoms with Gasteiger partial charge in [-0.2, -0.15) is 0 Å². The molecular formula is C19H24FNO. The van der Waals surface area contributed by atoms with Gasteiger partial charge in [0.25, 0.3) is 0 Å². The van der Waals surface area contributed by atoms with Crippen molar-refractivity contribution in [2.24, 2.45) is 0 Å². The van der Waals surface area contributed by atoms with Crippen LogP contribution in [0.3, 0.4) is 0 Å². The number of carbonyl (C=O) groups is 1. The number of ketones is 1. The fourth-order valence-electron chi connectivity index (χ4n) is 2.17. The maximum atomic E-state index is 13.5. The van der Waals surface area contributed by atoms with E-state index in [1.165, 1.54) is 6.07 Å². The zero-order valence-corrected chi connectivity index (χ0v) is 13.5. The molecule has 0 aromatic heterocycles. The summed E-state index contributed by atoms with van der Waals surface area (Å²) >= 11 is 0. The van der Waals surface area contributed by atoms with E-state index in [4.69, 9.17) is 0 Å². The molecule has 2 aromatic carbocycles. The van der Waals surface area contributed by atoms with Crippen LogP contribution >= 0.6 is 0 Å². The lowest BCUT2D eigenvalue weighted by Crippen LogP contribution is -2.08. The van der Waals surface area contributed by atoms with Crippen molar-refractivity contribution < 1.29 is 9.18 Å². The van der Waals surface area contributed by atoms with Gasteiger partial charge in [0, 0.05) is 12.8 Å². The zero-order valence-electron chi connectivity index (χ0n) is 13.5. The molecule has 3 heteroatoms. The van der Waals surface area contributed by atoms with Crippen molar-refractivity contribution in [3.8, 4) is 0 Å². The summed E-state index contributed by atoms with van der Waals surface area (Å²) in [5.41, 5.74) is 1.62. The van der Waals surface area contributed by atoms with Crippen LogP contribution in [-0.4, -0.2) is 19.9 Å². The minimum atomic E-state index is -0.303. The van der Waals surface area contributed by atoms with Crippen LogP contribution < -0.4 is 5.32 Å². The van der Waals surface area contributed by atoms with Crippen LogP contribution in [0.25, 0.3) is 0 Å². The van der Waals surface area contributed by atoms with Crippen LogP contribution in [0, 0.1) is 5.82 Å². The molecule has 0 amide bonds. The third-order valence-corrected chi connectivity index (χ3v) is 3.25. The number of rotatable bonds is 5. The minimum Gasteiger partial charge on any atom is -0.323 e. The topological polar surface area (TPSA) is 29.1 Å². The fourth-order valence-corrected chi connectivity index (χ4v) is 2.17. The molecule has 2 aromatic rings. The lowest BCUT2D eigenvalue weighted by molar-refractivity contribution is -0.118. The lowest BCUT2D eigenvalue weighted by Gasteiger charge is -2.11. The minimum absolute atomic E-state index is 0.0708. The second-order valence-corrected chi connectivity index (χ2v) is 5.32. The Labute approximate surface area is 132 Å². The monoisotopic (exact) mass is 301 g/mol. The van der Waals surface area contributed by atoms with Crippen molar-refractivity contribution in [3.63, 3.8) is 0 Å². The molecule has 0 radical (unpaired) electrons. The van der Waals surface area contributed by atoms with Gasteiger partial charge in [-0.25, -0.2) is 4.39 Å². The Morgan fingerprint density at radius 3 is 2.18 bits per heavy atom. The summed E-state index contributed by atoms with van der Waals surface area (Å²) in [5.74, 6) is -0.0647. The SMILES string of the molecule is CC(CC(=O)Cc1ccccc1F)c1ccccc1.CNC. The van der Waals surface area contributed by atoms with E-state index in [0.29, 0.717) is 12.0 Å². The molecule has 0 spiro atoms. The number of nitrogens with one attached hydrogen (secondary N) is 1. The molecule has 0 saturated carbocycles. The molecule has 2 rings (SSSR count). The lowest BCUT2D eigenvalue weighted by atomic mass is 9.93. The van der Waals surface area contributed by atoms with Gasteiger partial charge < -0.3 is 5.32 Å². The molecule has 0 bridgehead atoms. The predicted octanol–water partition coefficient (Wildman–Crippen LogP) is 3.97. The van der Waals surface area contributed by atoms with Gasteiger partial charge >= 0.3 is 0 Å². The predicted molar refractivity (Wildman–Crippen MR) is 89.6 cm³/mol. The quantitative estimate of drug-likeness (QED) is 0.905. The Hall–Kier alpha value is -2.00. The first-order valence-corrected chi connectivity index (χ1v) is 7.47. The summed E-state index contributed by atoms with van der Waals surface area (Å²) in [6, 6.07) is 16.4.